The van der Waals surface area contributed by atoms with Crippen LogP contribution in [0.1, 0.15) is 44.3 Å². The van der Waals surface area contributed by atoms with Crippen LogP contribution in [-0.4, -0.2) is 26.6 Å². The second-order valence-electron chi connectivity index (χ2n) is 6.75. The molecule has 1 atom stereocenters. The minimum Gasteiger partial charge on any atom is -0.294 e. The Morgan fingerprint density at radius 3 is 2.48 bits per heavy atom. The van der Waals surface area contributed by atoms with Gasteiger partial charge < -0.3 is 0 Å². The number of hydrogen-bond donors (Lipinski definition) is 1. The van der Waals surface area contributed by atoms with E-state index in [0.29, 0.717) is 24.1 Å². The summed E-state index contributed by atoms with van der Waals surface area (Å²) in [6, 6.07) is 15.0. The van der Waals surface area contributed by atoms with Gasteiger partial charge in [0.05, 0.1) is 16.2 Å². The van der Waals surface area contributed by atoms with Gasteiger partial charge in [0, 0.05) is 30.3 Å². The largest absolute Gasteiger partial charge is 0.294 e. The van der Waals surface area contributed by atoms with Crippen LogP contribution in [0.4, 0.5) is 11.6 Å². The Kier molecular flexibility index (Phi) is 4.82. The molecule has 1 aliphatic carbocycles. The summed E-state index contributed by atoms with van der Waals surface area (Å²) < 4.78 is 0. The summed E-state index contributed by atoms with van der Waals surface area (Å²) in [4.78, 5) is 43.5. The van der Waals surface area contributed by atoms with Gasteiger partial charge in [0.15, 0.2) is 5.78 Å². The first kappa shape index (κ1) is 18.4. The number of nitrogens with zero attached hydrogens (tertiary/aromatic N) is 3. The van der Waals surface area contributed by atoms with E-state index in [2.05, 4.69) is 15.3 Å². The van der Waals surface area contributed by atoms with E-state index in [1.54, 1.807) is 0 Å². The molecule has 144 valence electrons. The van der Waals surface area contributed by atoms with Crippen LogP contribution in [0.25, 0.3) is 0 Å². The van der Waals surface area contributed by atoms with Gasteiger partial charge in [-0.05, 0) is 30.0 Å². The molecule has 2 aromatic carbocycles. The van der Waals surface area contributed by atoms with Crippen molar-refractivity contribution in [2.45, 2.75) is 18.8 Å². The molecule has 1 N–H and O–H groups in total. The van der Waals surface area contributed by atoms with Gasteiger partial charge >= 0.3 is 0 Å². The number of anilines is 1. The molecule has 0 saturated carbocycles. The lowest BCUT2D eigenvalue weighted by molar-refractivity contribution is -0.384. The van der Waals surface area contributed by atoms with Crippen LogP contribution in [-0.2, 0) is 6.42 Å². The Hall–Kier alpha value is -3.94. The normalized spacial score (nSPS) is 15.4. The molecule has 3 aromatic rings. The van der Waals surface area contributed by atoms with Crippen molar-refractivity contribution in [3.63, 3.8) is 0 Å². The minimum absolute atomic E-state index is 0.0200. The van der Waals surface area contributed by atoms with Crippen molar-refractivity contribution >= 4 is 23.3 Å². The highest BCUT2D eigenvalue weighted by Crippen LogP contribution is 2.31. The summed E-state index contributed by atoms with van der Waals surface area (Å²) in [5, 5.41) is 13.3. The zero-order valence-electron chi connectivity index (χ0n) is 15.2. The maximum absolute atomic E-state index is 12.5. The van der Waals surface area contributed by atoms with Crippen molar-refractivity contribution in [3.05, 3.63) is 93.3 Å². The molecule has 1 amide bonds. The Balaban J connectivity index is 1.54. The van der Waals surface area contributed by atoms with Gasteiger partial charge in [-0.15, -0.1) is 0 Å². The lowest BCUT2D eigenvalue weighted by Crippen LogP contribution is -2.22. The van der Waals surface area contributed by atoms with Crippen molar-refractivity contribution in [1.82, 2.24) is 9.97 Å². The molecular formula is C21H16N4O4. The first-order valence-corrected chi connectivity index (χ1v) is 9.01. The SMILES string of the molecule is O=C(Nc1ncc2c(n1)C[C@H](c1ccccc1)CC2=O)c1ccc([N+](=O)[O-])cc1. The fourth-order valence-corrected chi connectivity index (χ4v) is 3.37. The molecule has 0 spiro atoms. The highest BCUT2D eigenvalue weighted by Gasteiger charge is 2.28. The highest BCUT2D eigenvalue weighted by molar-refractivity contribution is 6.03. The minimum atomic E-state index is -0.533. The predicted octanol–water partition coefficient (Wildman–Crippen LogP) is 3.55. The number of fused-ring (bicyclic) bond motifs is 1. The Bertz CT molecular complexity index is 1100. The molecule has 0 aliphatic heterocycles. The number of nitro benzene ring substituents is 1. The smallest absolute Gasteiger partial charge is 0.269 e. The standard InChI is InChI=1S/C21H16N4O4/c26-19-11-15(13-4-2-1-3-5-13)10-18-17(19)12-22-21(23-18)24-20(27)14-6-8-16(9-7-14)25(28)29/h1-9,12,15H,10-11H2,(H,22,23,24,27)/t15-/m0/s1. The second-order valence-corrected chi connectivity index (χ2v) is 6.75. The van der Waals surface area contributed by atoms with Gasteiger partial charge in [0.1, 0.15) is 0 Å². The maximum Gasteiger partial charge on any atom is 0.269 e. The molecule has 29 heavy (non-hydrogen) atoms. The fraction of sp³-hybridized carbons (Fsp3) is 0.143. The van der Waals surface area contributed by atoms with E-state index in [0.717, 1.165) is 5.56 Å². The van der Waals surface area contributed by atoms with Crippen molar-refractivity contribution in [1.29, 1.82) is 0 Å². The molecule has 1 heterocycles. The van der Waals surface area contributed by atoms with Gasteiger partial charge in [-0.1, -0.05) is 30.3 Å². The lowest BCUT2D eigenvalue weighted by atomic mass is 9.82. The number of ketones is 1. The number of amides is 1. The third-order valence-corrected chi connectivity index (χ3v) is 4.88. The Labute approximate surface area is 165 Å². The number of carbonyl (C=O) groups is 2. The molecule has 0 unspecified atom stereocenters. The summed E-state index contributed by atoms with van der Waals surface area (Å²) in [6.07, 6.45) is 2.42. The molecule has 8 nitrogen and oxygen atoms in total. The average Bonchev–Trinajstić information content (AvgIpc) is 2.74. The van der Waals surface area contributed by atoms with Gasteiger partial charge in [-0.2, -0.15) is 0 Å². The summed E-state index contributed by atoms with van der Waals surface area (Å²) >= 11 is 0. The van der Waals surface area contributed by atoms with E-state index < -0.39 is 10.8 Å². The molecule has 4 rings (SSSR count). The third kappa shape index (κ3) is 3.86. The van der Waals surface area contributed by atoms with Crippen LogP contribution in [0, 0.1) is 10.1 Å². The molecular weight excluding hydrogens is 372 g/mol. The van der Waals surface area contributed by atoms with E-state index in [9.17, 15) is 19.7 Å². The average molecular weight is 388 g/mol. The topological polar surface area (TPSA) is 115 Å². The number of nitrogens with one attached hydrogen (secondary N) is 1. The molecule has 8 heteroatoms. The van der Waals surface area contributed by atoms with Crippen LogP contribution in [0.2, 0.25) is 0 Å². The number of rotatable bonds is 4. The highest BCUT2D eigenvalue weighted by atomic mass is 16.6. The fourth-order valence-electron chi connectivity index (χ4n) is 3.37. The number of non-ortho nitro benzene ring substituents is 1. The van der Waals surface area contributed by atoms with Crippen molar-refractivity contribution in [2.24, 2.45) is 0 Å². The Morgan fingerprint density at radius 2 is 1.79 bits per heavy atom. The lowest BCUT2D eigenvalue weighted by Gasteiger charge is -2.23. The van der Waals surface area contributed by atoms with Crippen LogP contribution in [0.3, 0.4) is 0 Å². The zero-order valence-corrected chi connectivity index (χ0v) is 15.2. The number of Topliss-reactive ketones (excluding diaryl/α,β-unsaturated/α-hetero) is 1. The molecule has 0 fully saturated rings. The maximum atomic E-state index is 12.5. The molecule has 1 aliphatic rings. The van der Waals surface area contributed by atoms with E-state index in [1.165, 1.54) is 30.5 Å². The summed E-state index contributed by atoms with van der Waals surface area (Å²) in [7, 11) is 0. The van der Waals surface area contributed by atoms with Gasteiger partial charge in [-0.3, -0.25) is 25.0 Å². The van der Waals surface area contributed by atoms with E-state index in [4.69, 9.17) is 0 Å². The monoisotopic (exact) mass is 388 g/mol. The van der Waals surface area contributed by atoms with Crippen LogP contribution in [0.15, 0.2) is 60.8 Å². The summed E-state index contributed by atoms with van der Waals surface area (Å²) in [5.74, 6) is -0.382. The van der Waals surface area contributed by atoms with Crippen molar-refractivity contribution < 1.29 is 14.5 Å². The van der Waals surface area contributed by atoms with Gasteiger partial charge in [0.2, 0.25) is 5.95 Å². The summed E-state index contributed by atoms with van der Waals surface area (Å²) in [5.41, 5.74) is 2.29. The summed E-state index contributed by atoms with van der Waals surface area (Å²) in [6.45, 7) is 0. The van der Waals surface area contributed by atoms with Crippen molar-refractivity contribution in [3.8, 4) is 0 Å². The van der Waals surface area contributed by atoms with Crippen LogP contribution < -0.4 is 5.32 Å². The second kappa shape index (κ2) is 7.59. The zero-order chi connectivity index (χ0) is 20.4. The first-order valence-electron chi connectivity index (χ1n) is 9.01. The molecule has 0 radical (unpaired) electrons. The third-order valence-electron chi connectivity index (χ3n) is 4.88. The van der Waals surface area contributed by atoms with Gasteiger partial charge in [0.25, 0.3) is 11.6 Å². The quantitative estimate of drug-likeness (QED) is 0.540. The Morgan fingerprint density at radius 1 is 1.07 bits per heavy atom. The number of benzene rings is 2. The van der Waals surface area contributed by atoms with E-state index >= 15 is 0 Å². The number of aromatic nitrogens is 2. The van der Waals surface area contributed by atoms with Crippen LogP contribution in [0.5, 0.6) is 0 Å². The van der Waals surface area contributed by atoms with E-state index in [-0.39, 0.29) is 28.9 Å². The predicted molar refractivity (Wildman–Crippen MR) is 105 cm³/mol. The van der Waals surface area contributed by atoms with E-state index in [1.807, 2.05) is 30.3 Å². The molecule has 0 saturated heterocycles. The first-order chi connectivity index (χ1) is 14.0. The van der Waals surface area contributed by atoms with Crippen LogP contribution >= 0.6 is 0 Å². The van der Waals surface area contributed by atoms with Gasteiger partial charge in [-0.25, -0.2) is 9.97 Å². The number of nitro groups is 1. The number of carbonyl (C=O) groups excluding carboxylic acids is 2. The molecule has 0 bridgehead atoms. The van der Waals surface area contributed by atoms with Crippen molar-refractivity contribution in [2.75, 3.05) is 5.32 Å². The number of hydrogen-bond acceptors (Lipinski definition) is 6. The molecule has 1 aromatic heterocycles.